The molecule has 1 saturated carbocycles. The van der Waals surface area contributed by atoms with E-state index in [-0.39, 0.29) is 11.9 Å². The van der Waals surface area contributed by atoms with Gasteiger partial charge in [0.15, 0.2) is 0 Å². The van der Waals surface area contributed by atoms with Gasteiger partial charge < -0.3 is 11.1 Å². The highest BCUT2D eigenvalue weighted by Crippen LogP contribution is 2.35. The molecule has 1 heterocycles. The van der Waals surface area contributed by atoms with Gasteiger partial charge in [0.05, 0.1) is 6.04 Å². The lowest BCUT2D eigenvalue weighted by atomic mass is 9.85. The molecule has 4 heteroatoms. The number of hydrogen-bond donors (Lipinski definition) is 2. The standard InChI is InChI=1S/C13H25N3O/c1-2-15-11(13(14)17)9-16-8-7-10-5-3-4-6-12(10)16/h10-12,15H,2-9H2,1H3,(H2,14,17). The molecule has 3 unspecified atom stereocenters. The normalized spacial score (nSPS) is 31.1. The Morgan fingerprint density at radius 3 is 2.88 bits per heavy atom. The summed E-state index contributed by atoms with van der Waals surface area (Å²) < 4.78 is 0. The maximum Gasteiger partial charge on any atom is 0.235 e. The van der Waals surface area contributed by atoms with E-state index in [4.69, 9.17) is 5.73 Å². The lowest BCUT2D eigenvalue weighted by molar-refractivity contribution is -0.120. The first kappa shape index (κ1) is 12.8. The SMILES string of the molecule is CCNC(CN1CCC2CCCCC21)C(N)=O. The Morgan fingerprint density at radius 2 is 2.18 bits per heavy atom. The molecule has 4 nitrogen and oxygen atoms in total. The second kappa shape index (κ2) is 5.83. The number of likely N-dealkylation sites (N-methyl/N-ethyl adjacent to an activating group) is 1. The number of nitrogens with two attached hydrogens (primary N) is 1. The van der Waals surface area contributed by atoms with E-state index in [0.29, 0.717) is 6.04 Å². The third-order valence-corrected chi connectivity index (χ3v) is 4.34. The molecule has 0 aromatic carbocycles. The molecule has 2 aliphatic rings. The summed E-state index contributed by atoms with van der Waals surface area (Å²) in [6.07, 6.45) is 6.73. The zero-order chi connectivity index (χ0) is 12.3. The Bertz CT molecular complexity index is 269. The summed E-state index contributed by atoms with van der Waals surface area (Å²) in [5, 5.41) is 3.19. The molecule has 2 rings (SSSR count). The summed E-state index contributed by atoms with van der Waals surface area (Å²) in [5.74, 6) is 0.657. The van der Waals surface area contributed by atoms with Gasteiger partial charge in [0.2, 0.25) is 5.91 Å². The summed E-state index contributed by atoms with van der Waals surface area (Å²) in [4.78, 5) is 13.9. The van der Waals surface area contributed by atoms with Crippen LogP contribution < -0.4 is 11.1 Å². The molecule has 0 aromatic rings. The molecule has 1 amide bonds. The van der Waals surface area contributed by atoms with Crippen LogP contribution in [0, 0.1) is 5.92 Å². The summed E-state index contributed by atoms with van der Waals surface area (Å²) in [6, 6.07) is 0.532. The van der Waals surface area contributed by atoms with Crippen LogP contribution in [0.2, 0.25) is 0 Å². The fraction of sp³-hybridized carbons (Fsp3) is 0.923. The number of hydrogen-bond acceptors (Lipinski definition) is 3. The number of nitrogens with one attached hydrogen (secondary N) is 1. The van der Waals surface area contributed by atoms with Crippen LogP contribution >= 0.6 is 0 Å². The van der Waals surface area contributed by atoms with Gasteiger partial charge in [-0.2, -0.15) is 0 Å². The van der Waals surface area contributed by atoms with E-state index in [0.717, 1.165) is 25.6 Å². The van der Waals surface area contributed by atoms with Crippen molar-refractivity contribution in [1.29, 1.82) is 0 Å². The van der Waals surface area contributed by atoms with Crippen LogP contribution in [-0.4, -0.2) is 42.5 Å². The molecule has 0 radical (unpaired) electrons. The zero-order valence-corrected chi connectivity index (χ0v) is 10.8. The predicted molar refractivity (Wildman–Crippen MR) is 68.6 cm³/mol. The first-order valence-electron chi connectivity index (χ1n) is 6.99. The zero-order valence-electron chi connectivity index (χ0n) is 10.8. The fourth-order valence-electron chi connectivity index (χ4n) is 3.47. The van der Waals surface area contributed by atoms with Gasteiger partial charge in [-0.25, -0.2) is 0 Å². The van der Waals surface area contributed by atoms with Crippen molar-refractivity contribution in [2.45, 2.75) is 51.1 Å². The number of nitrogens with zero attached hydrogens (tertiary/aromatic N) is 1. The Hall–Kier alpha value is -0.610. The fourth-order valence-corrected chi connectivity index (χ4v) is 3.47. The van der Waals surface area contributed by atoms with Gasteiger partial charge in [-0.05, 0) is 38.3 Å². The number of fused-ring (bicyclic) bond motifs is 1. The first-order chi connectivity index (χ1) is 8.22. The van der Waals surface area contributed by atoms with Crippen LogP contribution in [0.5, 0.6) is 0 Å². The highest BCUT2D eigenvalue weighted by molar-refractivity contribution is 5.80. The molecule has 1 saturated heterocycles. The molecule has 1 aliphatic carbocycles. The van der Waals surface area contributed by atoms with Crippen LogP contribution in [0.25, 0.3) is 0 Å². The van der Waals surface area contributed by atoms with Crippen LogP contribution in [0.1, 0.15) is 39.0 Å². The maximum atomic E-state index is 11.4. The summed E-state index contributed by atoms with van der Waals surface area (Å²) >= 11 is 0. The molecule has 0 aromatic heterocycles. The molecule has 1 aliphatic heterocycles. The summed E-state index contributed by atoms with van der Waals surface area (Å²) in [5.41, 5.74) is 5.44. The van der Waals surface area contributed by atoms with Gasteiger partial charge in [-0.3, -0.25) is 9.69 Å². The van der Waals surface area contributed by atoms with Crippen molar-refractivity contribution < 1.29 is 4.79 Å². The molecule has 0 bridgehead atoms. The molecular formula is C13H25N3O. The van der Waals surface area contributed by atoms with Crippen molar-refractivity contribution in [1.82, 2.24) is 10.2 Å². The van der Waals surface area contributed by atoms with E-state index in [1.54, 1.807) is 0 Å². The van der Waals surface area contributed by atoms with Crippen LogP contribution in [-0.2, 0) is 4.79 Å². The average molecular weight is 239 g/mol. The largest absolute Gasteiger partial charge is 0.368 e. The van der Waals surface area contributed by atoms with E-state index >= 15 is 0 Å². The van der Waals surface area contributed by atoms with Gasteiger partial charge in [0.1, 0.15) is 0 Å². The molecule has 3 N–H and O–H groups in total. The molecule has 0 spiro atoms. The van der Waals surface area contributed by atoms with E-state index in [2.05, 4.69) is 10.2 Å². The van der Waals surface area contributed by atoms with Crippen molar-refractivity contribution in [3.63, 3.8) is 0 Å². The van der Waals surface area contributed by atoms with Crippen molar-refractivity contribution in [2.24, 2.45) is 11.7 Å². The van der Waals surface area contributed by atoms with Crippen molar-refractivity contribution in [2.75, 3.05) is 19.6 Å². The van der Waals surface area contributed by atoms with Crippen LogP contribution in [0.15, 0.2) is 0 Å². The highest BCUT2D eigenvalue weighted by Gasteiger charge is 2.36. The summed E-state index contributed by atoms with van der Waals surface area (Å²) in [7, 11) is 0. The molecule has 3 atom stereocenters. The highest BCUT2D eigenvalue weighted by atomic mass is 16.1. The van der Waals surface area contributed by atoms with Gasteiger partial charge >= 0.3 is 0 Å². The van der Waals surface area contributed by atoms with E-state index in [9.17, 15) is 4.79 Å². The van der Waals surface area contributed by atoms with Crippen molar-refractivity contribution >= 4 is 5.91 Å². The monoisotopic (exact) mass is 239 g/mol. The van der Waals surface area contributed by atoms with Crippen molar-refractivity contribution in [3.8, 4) is 0 Å². The molecule has 2 fully saturated rings. The second-order valence-corrected chi connectivity index (χ2v) is 5.41. The minimum Gasteiger partial charge on any atom is -0.368 e. The van der Waals surface area contributed by atoms with E-state index in [1.165, 1.54) is 32.1 Å². The van der Waals surface area contributed by atoms with Crippen LogP contribution in [0.4, 0.5) is 0 Å². The smallest absolute Gasteiger partial charge is 0.235 e. The van der Waals surface area contributed by atoms with Gasteiger partial charge in [0.25, 0.3) is 0 Å². The third-order valence-electron chi connectivity index (χ3n) is 4.34. The number of rotatable bonds is 5. The van der Waals surface area contributed by atoms with Gasteiger partial charge in [0, 0.05) is 12.6 Å². The number of carbonyl (C=O) groups excluding carboxylic acids is 1. The van der Waals surface area contributed by atoms with E-state index < -0.39 is 0 Å². The molecular weight excluding hydrogens is 214 g/mol. The van der Waals surface area contributed by atoms with E-state index in [1.807, 2.05) is 6.92 Å². The second-order valence-electron chi connectivity index (χ2n) is 5.41. The summed E-state index contributed by atoms with van der Waals surface area (Å²) in [6.45, 7) is 4.76. The Balaban J connectivity index is 1.91. The van der Waals surface area contributed by atoms with Gasteiger partial charge in [-0.1, -0.05) is 19.8 Å². The molecule has 98 valence electrons. The number of primary amides is 1. The predicted octanol–water partition coefficient (Wildman–Crippen LogP) is 0.714. The topological polar surface area (TPSA) is 58.4 Å². The Morgan fingerprint density at radius 1 is 1.41 bits per heavy atom. The quantitative estimate of drug-likeness (QED) is 0.743. The first-order valence-corrected chi connectivity index (χ1v) is 6.99. The van der Waals surface area contributed by atoms with Gasteiger partial charge in [-0.15, -0.1) is 0 Å². The van der Waals surface area contributed by atoms with Crippen LogP contribution in [0.3, 0.4) is 0 Å². The minimum atomic E-state index is -0.217. The number of carbonyl (C=O) groups is 1. The lowest BCUT2D eigenvalue weighted by Gasteiger charge is -2.33. The van der Waals surface area contributed by atoms with Crippen molar-refractivity contribution in [3.05, 3.63) is 0 Å². The Kier molecular flexibility index (Phi) is 4.40. The number of likely N-dealkylation sites (tertiary alicyclic amines) is 1. The minimum absolute atomic E-state index is 0.180. The molecule has 17 heavy (non-hydrogen) atoms. The Labute approximate surface area is 104 Å². The third kappa shape index (κ3) is 2.99. The number of amides is 1. The average Bonchev–Trinajstić information content (AvgIpc) is 2.72. The maximum absolute atomic E-state index is 11.4. The lowest BCUT2D eigenvalue weighted by Crippen LogP contribution is -2.50.